The van der Waals surface area contributed by atoms with Crippen molar-refractivity contribution < 1.29 is 9.13 Å². The van der Waals surface area contributed by atoms with Crippen LogP contribution >= 0.6 is 0 Å². The van der Waals surface area contributed by atoms with Gasteiger partial charge in [0.15, 0.2) is 11.3 Å². The predicted molar refractivity (Wildman–Crippen MR) is 147 cm³/mol. The minimum Gasteiger partial charge on any atom is -0.479 e. The van der Waals surface area contributed by atoms with Crippen molar-refractivity contribution in [3.05, 3.63) is 59.3 Å². The van der Waals surface area contributed by atoms with Gasteiger partial charge in [-0.2, -0.15) is 0 Å². The fourth-order valence-corrected chi connectivity index (χ4v) is 6.04. The number of hydrogen-bond donors (Lipinski definition) is 0. The molecule has 0 aromatic carbocycles. The Kier molecular flexibility index (Phi) is 6.99. The first kappa shape index (κ1) is 25.8. The van der Waals surface area contributed by atoms with Gasteiger partial charge in [0, 0.05) is 50.2 Å². The van der Waals surface area contributed by atoms with Crippen molar-refractivity contribution in [2.75, 3.05) is 33.3 Å². The van der Waals surface area contributed by atoms with E-state index in [0.717, 1.165) is 43.2 Å². The topological polar surface area (TPSA) is 85.1 Å². The van der Waals surface area contributed by atoms with Crippen molar-refractivity contribution in [1.82, 2.24) is 39.3 Å². The Morgan fingerprint density at radius 2 is 1.95 bits per heavy atom. The highest BCUT2D eigenvalue weighted by Crippen LogP contribution is 2.31. The molecule has 1 atom stereocenters. The second kappa shape index (κ2) is 10.6. The van der Waals surface area contributed by atoms with Crippen LogP contribution < -0.4 is 4.74 Å². The van der Waals surface area contributed by atoms with Gasteiger partial charge in [-0.1, -0.05) is 6.07 Å². The lowest BCUT2D eigenvalue weighted by atomic mass is 10.1. The molecule has 4 aromatic rings. The summed E-state index contributed by atoms with van der Waals surface area (Å²) in [5.41, 5.74) is 4.04. The number of imidazole rings is 1. The van der Waals surface area contributed by atoms with Crippen LogP contribution in [0.2, 0.25) is 0 Å². The first-order chi connectivity index (χ1) is 18.9. The molecule has 0 aliphatic carbocycles. The molecule has 2 saturated heterocycles. The van der Waals surface area contributed by atoms with E-state index in [-0.39, 0.29) is 11.7 Å². The summed E-state index contributed by atoms with van der Waals surface area (Å²) >= 11 is 0. The van der Waals surface area contributed by atoms with Crippen LogP contribution in [-0.2, 0) is 13.0 Å². The summed E-state index contributed by atoms with van der Waals surface area (Å²) in [4.78, 5) is 27.8. The molecule has 0 saturated carbocycles. The normalized spacial score (nSPS) is 18.3. The third-order valence-corrected chi connectivity index (χ3v) is 7.87. The molecular weight excluding hydrogens is 495 g/mol. The van der Waals surface area contributed by atoms with E-state index in [1.54, 1.807) is 7.11 Å². The first-order valence-electron chi connectivity index (χ1n) is 13.7. The van der Waals surface area contributed by atoms with Gasteiger partial charge in [-0.15, -0.1) is 0 Å². The van der Waals surface area contributed by atoms with E-state index >= 15 is 0 Å². The molecule has 39 heavy (non-hydrogen) atoms. The maximum absolute atomic E-state index is 15.0. The quantitative estimate of drug-likeness (QED) is 0.352. The molecular formula is C29H35FN8O. The number of aryl methyl sites for hydroxylation is 1. The number of piperazine rings is 1. The zero-order valence-electron chi connectivity index (χ0n) is 23.1. The molecule has 2 fully saturated rings. The largest absolute Gasteiger partial charge is 0.479 e. The van der Waals surface area contributed by atoms with Gasteiger partial charge in [0.1, 0.15) is 17.3 Å². The summed E-state index contributed by atoms with van der Waals surface area (Å²) in [5, 5.41) is 0. The second-order valence-corrected chi connectivity index (χ2v) is 10.9. The highest BCUT2D eigenvalue weighted by atomic mass is 19.1. The summed E-state index contributed by atoms with van der Waals surface area (Å²) in [7, 11) is 1.54. The number of aromatic nitrogens is 6. The Bertz CT molecular complexity index is 1490. The summed E-state index contributed by atoms with van der Waals surface area (Å²) in [6.07, 6.45) is 6.18. The van der Waals surface area contributed by atoms with Crippen molar-refractivity contribution in [3.63, 3.8) is 0 Å². The molecule has 6 rings (SSSR count). The molecule has 0 spiro atoms. The number of fused-ring (bicyclic) bond motifs is 2. The molecule has 1 unspecified atom stereocenters. The van der Waals surface area contributed by atoms with Crippen LogP contribution in [0.3, 0.4) is 0 Å². The molecule has 4 aromatic heterocycles. The van der Waals surface area contributed by atoms with E-state index in [0.29, 0.717) is 35.4 Å². The van der Waals surface area contributed by atoms with Crippen LogP contribution in [0.5, 0.6) is 5.88 Å². The van der Waals surface area contributed by atoms with Gasteiger partial charge in [-0.25, -0.2) is 24.3 Å². The van der Waals surface area contributed by atoms with E-state index in [1.807, 2.05) is 25.3 Å². The average molecular weight is 531 g/mol. The van der Waals surface area contributed by atoms with Crippen molar-refractivity contribution >= 4 is 11.0 Å². The molecule has 2 aliphatic rings. The lowest BCUT2D eigenvalue weighted by Crippen LogP contribution is -2.49. The third-order valence-electron chi connectivity index (χ3n) is 7.87. The highest BCUT2D eigenvalue weighted by Gasteiger charge is 2.30. The first-order valence-corrected chi connectivity index (χ1v) is 13.7. The Balaban J connectivity index is 1.22. The summed E-state index contributed by atoms with van der Waals surface area (Å²) in [6.45, 7) is 11.7. The monoisotopic (exact) mass is 530 g/mol. The maximum Gasteiger partial charge on any atom is 0.242 e. The van der Waals surface area contributed by atoms with E-state index in [2.05, 4.69) is 59.2 Å². The number of halogens is 1. The number of methoxy groups -OCH3 is 1. The van der Waals surface area contributed by atoms with Gasteiger partial charge in [0.25, 0.3) is 0 Å². The molecule has 204 valence electrons. The smallest absolute Gasteiger partial charge is 0.242 e. The fourth-order valence-electron chi connectivity index (χ4n) is 6.04. The third kappa shape index (κ3) is 5.10. The van der Waals surface area contributed by atoms with Gasteiger partial charge in [-0.3, -0.25) is 14.8 Å². The molecule has 0 bridgehead atoms. The van der Waals surface area contributed by atoms with Crippen molar-refractivity contribution in [1.29, 1.82) is 0 Å². The number of nitrogens with zero attached hydrogens (tertiary/aromatic N) is 8. The van der Waals surface area contributed by atoms with Crippen LogP contribution in [0.4, 0.5) is 4.39 Å². The SMILES string of the molecule is COc1nc(-c2nc(Cc3ccc(CN4CCN5CCCC5C4)cn3)ncc2F)cc2c1nc(C)n2C(C)C. The minimum atomic E-state index is -0.536. The fraction of sp³-hybridized carbons (Fsp3) is 0.483. The van der Waals surface area contributed by atoms with Crippen LogP contribution in [0, 0.1) is 12.7 Å². The second-order valence-electron chi connectivity index (χ2n) is 10.9. The maximum atomic E-state index is 15.0. The standard InChI is InChI=1S/C29H35FN8O/c1-18(2)38-19(3)33-28-25(38)13-24(34-29(28)39-4)27-23(30)15-32-26(35-27)12-21-8-7-20(14-31-21)16-36-10-11-37-9-5-6-22(37)17-36/h7-8,13-15,18,22H,5-6,9-12,16-17H2,1-4H3. The van der Waals surface area contributed by atoms with E-state index < -0.39 is 5.82 Å². The lowest BCUT2D eigenvalue weighted by Gasteiger charge is -2.37. The number of rotatable bonds is 7. The van der Waals surface area contributed by atoms with E-state index in [1.165, 1.54) is 31.1 Å². The van der Waals surface area contributed by atoms with Gasteiger partial charge in [0.2, 0.25) is 5.88 Å². The highest BCUT2D eigenvalue weighted by molar-refractivity contribution is 5.84. The van der Waals surface area contributed by atoms with Crippen LogP contribution in [0.1, 0.15) is 55.6 Å². The molecule has 10 heteroatoms. The minimum absolute atomic E-state index is 0.136. The number of hydrogen-bond acceptors (Lipinski definition) is 8. The molecule has 6 heterocycles. The summed E-state index contributed by atoms with van der Waals surface area (Å²) in [6, 6.07) is 6.85. The van der Waals surface area contributed by atoms with E-state index in [9.17, 15) is 4.39 Å². The van der Waals surface area contributed by atoms with Crippen LogP contribution in [-0.4, -0.2) is 78.6 Å². The van der Waals surface area contributed by atoms with Crippen LogP contribution in [0.25, 0.3) is 22.4 Å². The van der Waals surface area contributed by atoms with Crippen LogP contribution in [0.15, 0.2) is 30.6 Å². The summed E-state index contributed by atoms with van der Waals surface area (Å²) in [5.74, 6) is 1.14. The molecule has 2 aliphatic heterocycles. The zero-order valence-corrected chi connectivity index (χ0v) is 23.1. The Labute approximate surface area is 228 Å². The number of pyridine rings is 2. The van der Waals surface area contributed by atoms with Gasteiger partial charge in [-0.05, 0) is 57.9 Å². The molecule has 0 N–H and O–H groups in total. The average Bonchev–Trinajstić information content (AvgIpc) is 3.53. The zero-order chi connectivity index (χ0) is 27.1. The predicted octanol–water partition coefficient (Wildman–Crippen LogP) is 4.19. The molecule has 9 nitrogen and oxygen atoms in total. The van der Waals surface area contributed by atoms with Crippen molar-refractivity contribution in [2.45, 2.75) is 58.7 Å². The van der Waals surface area contributed by atoms with Gasteiger partial charge < -0.3 is 9.30 Å². The van der Waals surface area contributed by atoms with Gasteiger partial charge >= 0.3 is 0 Å². The molecule has 0 amide bonds. The number of ether oxygens (including phenoxy) is 1. The Hall–Kier alpha value is -3.50. The Morgan fingerprint density at radius 1 is 1.08 bits per heavy atom. The lowest BCUT2D eigenvalue weighted by molar-refractivity contribution is 0.0993. The summed E-state index contributed by atoms with van der Waals surface area (Å²) < 4.78 is 22.6. The van der Waals surface area contributed by atoms with Gasteiger partial charge in [0.05, 0.1) is 30.9 Å². The molecule has 0 radical (unpaired) electrons. The van der Waals surface area contributed by atoms with Crippen molar-refractivity contribution in [2.24, 2.45) is 0 Å². The van der Waals surface area contributed by atoms with Crippen molar-refractivity contribution in [3.8, 4) is 17.3 Å². The van der Waals surface area contributed by atoms with E-state index in [4.69, 9.17) is 4.74 Å². The Morgan fingerprint density at radius 3 is 2.72 bits per heavy atom.